The zero-order chi connectivity index (χ0) is 3.41. The van der Waals surface area contributed by atoms with E-state index < -0.39 is 0 Å². The molecular formula is MnO4. The molecule has 4 nitrogen and oxygen atoms in total. The van der Waals surface area contributed by atoms with Crippen LogP contribution < -0.4 is 10.5 Å². The van der Waals surface area contributed by atoms with Gasteiger partial charge in [-0.3, -0.25) is 0 Å². The molecule has 1 radical (unpaired) electrons. The molecular weight excluding hydrogens is 119 g/mol. The Morgan fingerprint density at radius 2 is 1.20 bits per heavy atom. The third-order valence-corrected chi connectivity index (χ3v) is 0.0278. The van der Waals surface area contributed by atoms with E-state index >= 15 is 0 Å². The van der Waals surface area contributed by atoms with Crippen molar-refractivity contribution in [1.82, 2.24) is 0 Å². The van der Waals surface area contributed by atoms with E-state index in [9.17, 15) is 0 Å². The third kappa shape index (κ3) is 13.1. The summed E-state index contributed by atoms with van der Waals surface area (Å²) in [5, 5.41) is 21.0. The van der Waals surface area contributed by atoms with Crippen LogP contribution in [0.1, 0.15) is 0 Å². The first-order chi connectivity index (χ1) is 1.91. The largest absolute Gasteiger partial charge is 2.00 e. The van der Waals surface area contributed by atoms with Crippen LogP contribution >= 0.6 is 0 Å². The predicted molar refractivity (Wildman–Crippen MR) is 2.17 cm³/mol. The fourth-order valence-electron chi connectivity index (χ4n) is 0. The predicted octanol–water partition coefficient (Wildman–Crippen LogP) is -2.52. The minimum absolute atomic E-state index is 0. The molecule has 0 rings (SSSR count). The molecule has 0 saturated carbocycles. The molecule has 0 aromatic carbocycles. The Kier molecular flexibility index (Phi) is 16.0. The SMILES string of the molecule is [Mn+2].[O-]OO[O-]. The Balaban J connectivity index is 0. The first-order valence-electron chi connectivity index (χ1n) is 0.500. The number of hydrogen-bond donors (Lipinski definition) is 0. The summed E-state index contributed by atoms with van der Waals surface area (Å²) in [6.07, 6.45) is 0. The molecule has 0 bridgehead atoms. The molecule has 0 fully saturated rings. The first-order valence-corrected chi connectivity index (χ1v) is 0.500. The van der Waals surface area contributed by atoms with Crippen LogP contribution in [0.15, 0.2) is 0 Å². The van der Waals surface area contributed by atoms with Gasteiger partial charge in [0.1, 0.15) is 0 Å². The Bertz CT molecular complexity index is 5.61. The van der Waals surface area contributed by atoms with Crippen LogP contribution in [0.4, 0.5) is 0 Å². The van der Waals surface area contributed by atoms with Gasteiger partial charge >= 0.3 is 17.1 Å². The Morgan fingerprint density at radius 1 is 1.00 bits per heavy atom. The zero-order valence-electron chi connectivity index (χ0n) is 2.01. The van der Waals surface area contributed by atoms with E-state index in [0.29, 0.717) is 0 Å². The van der Waals surface area contributed by atoms with E-state index in [1.54, 1.807) is 0 Å². The molecule has 5 heteroatoms. The molecule has 0 spiro atoms. The summed E-state index contributed by atoms with van der Waals surface area (Å²) in [7, 11) is 0. The van der Waals surface area contributed by atoms with Crippen LogP contribution in [-0.2, 0) is 27.1 Å². The molecule has 0 heterocycles. The molecule has 0 N–H and O–H groups in total. The van der Waals surface area contributed by atoms with E-state index in [1.807, 2.05) is 0 Å². The summed E-state index contributed by atoms with van der Waals surface area (Å²) < 4.78 is 0. The minimum atomic E-state index is 0. The molecule has 0 aromatic rings. The van der Waals surface area contributed by atoms with Gasteiger partial charge in [-0.15, -0.1) is 0 Å². The van der Waals surface area contributed by atoms with Crippen LogP contribution in [0.5, 0.6) is 0 Å². The van der Waals surface area contributed by atoms with Gasteiger partial charge in [0.25, 0.3) is 0 Å². The second-order valence-electron chi connectivity index (χ2n) is 0.136. The average Bonchev–Trinajstić information content (AvgIpc) is 1.37. The smallest absolute Gasteiger partial charge is 0.693 e. The Morgan fingerprint density at radius 3 is 1.20 bits per heavy atom. The molecule has 0 aliphatic rings. The van der Waals surface area contributed by atoms with E-state index in [-0.39, 0.29) is 17.1 Å². The second-order valence-corrected chi connectivity index (χ2v) is 0.136. The van der Waals surface area contributed by atoms with Crippen molar-refractivity contribution in [1.29, 1.82) is 0 Å². The van der Waals surface area contributed by atoms with Crippen molar-refractivity contribution >= 4 is 0 Å². The van der Waals surface area contributed by atoms with Gasteiger partial charge in [-0.25, -0.2) is 0 Å². The van der Waals surface area contributed by atoms with Crippen LogP contribution in [0, 0.1) is 0 Å². The molecule has 0 amide bonds. The van der Waals surface area contributed by atoms with E-state index in [1.165, 1.54) is 0 Å². The summed E-state index contributed by atoms with van der Waals surface area (Å²) in [5.41, 5.74) is 0. The van der Waals surface area contributed by atoms with Gasteiger partial charge in [0.15, 0.2) is 0 Å². The summed E-state index contributed by atoms with van der Waals surface area (Å²) in [4.78, 5) is 0. The van der Waals surface area contributed by atoms with E-state index in [4.69, 9.17) is 10.5 Å². The van der Waals surface area contributed by atoms with Crippen LogP contribution in [-0.4, -0.2) is 0 Å². The van der Waals surface area contributed by atoms with Crippen molar-refractivity contribution in [2.75, 3.05) is 0 Å². The van der Waals surface area contributed by atoms with Crippen molar-refractivity contribution < 1.29 is 37.7 Å². The molecule has 31 valence electrons. The topological polar surface area (TPSA) is 64.6 Å². The molecule has 5 heavy (non-hydrogen) atoms. The molecule has 0 saturated heterocycles. The quantitative estimate of drug-likeness (QED) is 0.217. The van der Waals surface area contributed by atoms with E-state index in [0.717, 1.165) is 0 Å². The molecule has 0 unspecified atom stereocenters. The summed E-state index contributed by atoms with van der Waals surface area (Å²) in [5.74, 6) is 0. The van der Waals surface area contributed by atoms with Gasteiger partial charge in [-0.05, 0) is 0 Å². The summed E-state index contributed by atoms with van der Waals surface area (Å²) in [6, 6.07) is 0. The second kappa shape index (κ2) is 8.84. The normalized spacial score (nSPS) is 6.00. The van der Waals surface area contributed by atoms with Gasteiger partial charge < -0.3 is 20.6 Å². The van der Waals surface area contributed by atoms with E-state index in [2.05, 4.69) is 10.1 Å². The van der Waals surface area contributed by atoms with Gasteiger partial charge in [0, 0.05) is 0 Å². The van der Waals surface area contributed by atoms with Crippen molar-refractivity contribution in [3.8, 4) is 0 Å². The average molecular weight is 119 g/mol. The van der Waals surface area contributed by atoms with Gasteiger partial charge in [0.2, 0.25) is 0 Å². The van der Waals surface area contributed by atoms with Crippen LogP contribution in [0.2, 0.25) is 0 Å². The maximum absolute atomic E-state index is 8.26. The molecule has 0 aliphatic heterocycles. The fraction of sp³-hybridized carbons (Fsp3) is 0. The maximum Gasteiger partial charge on any atom is 2.00 e. The van der Waals surface area contributed by atoms with Crippen molar-refractivity contribution in [2.45, 2.75) is 0 Å². The number of hydrogen-bond acceptors (Lipinski definition) is 4. The van der Waals surface area contributed by atoms with Crippen molar-refractivity contribution in [2.24, 2.45) is 0 Å². The molecule has 0 atom stereocenters. The third-order valence-electron chi connectivity index (χ3n) is 0.0278. The molecule has 0 aromatic heterocycles. The zero-order valence-corrected chi connectivity index (χ0v) is 3.19. The first kappa shape index (κ1) is 9.03. The van der Waals surface area contributed by atoms with Gasteiger partial charge in [0.05, 0.1) is 0 Å². The summed E-state index contributed by atoms with van der Waals surface area (Å²) >= 11 is 0. The standard InChI is InChI=1S/Mn.H2O4/c;1-3-4-2/h;1-2H/q+2;/p-2. The van der Waals surface area contributed by atoms with Gasteiger partial charge in [-0.1, -0.05) is 0 Å². The van der Waals surface area contributed by atoms with Crippen LogP contribution in [0.3, 0.4) is 0 Å². The number of rotatable bonds is 1. The Hall–Kier alpha value is 0.359. The minimum Gasteiger partial charge on any atom is -0.693 e. The van der Waals surface area contributed by atoms with Crippen LogP contribution in [0.25, 0.3) is 0 Å². The Labute approximate surface area is 38.6 Å². The molecule has 0 aliphatic carbocycles. The maximum atomic E-state index is 8.26. The van der Waals surface area contributed by atoms with Gasteiger partial charge in [-0.2, -0.15) is 0 Å². The van der Waals surface area contributed by atoms with Crippen molar-refractivity contribution in [3.63, 3.8) is 0 Å². The summed E-state index contributed by atoms with van der Waals surface area (Å²) in [6.45, 7) is 0. The fourth-order valence-corrected chi connectivity index (χ4v) is 0. The monoisotopic (exact) mass is 119 g/mol. The van der Waals surface area contributed by atoms with Crippen molar-refractivity contribution in [3.05, 3.63) is 0 Å².